The van der Waals surface area contributed by atoms with E-state index in [4.69, 9.17) is 0 Å². The summed E-state index contributed by atoms with van der Waals surface area (Å²) in [5.74, 6) is 0. The Bertz CT molecular complexity index is 734. The summed E-state index contributed by atoms with van der Waals surface area (Å²) in [5, 5.41) is 3.52. The zero-order valence-electron chi connectivity index (χ0n) is 11.8. The molecule has 0 aliphatic heterocycles. The Kier molecular flexibility index (Phi) is 4.42. The van der Waals surface area contributed by atoms with E-state index in [-0.39, 0.29) is 0 Å². The minimum atomic E-state index is 0.856. The molecular formula is C18H16BrNS. The van der Waals surface area contributed by atoms with Crippen LogP contribution in [0.4, 0.5) is 5.69 Å². The summed E-state index contributed by atoms with van der Waals surface area (Å²) in [6.45, 7) is 2.98. The van der Waals surface area contributed by atoms with E-state index >= 15 is 0 Å². The lowest BCUT2D eigenvalue weighted by molar-refractivity contribution is 1.18. The molecule has 0 aliphatic rings. The monoisotopic (exact) mass is 357 g/mol. The molecule has 0 radical (unpaired) electrons. The van der Waals surface area contributed by atoms with Gasteiger partial charge in [-0.15, -0.1) is 11.3 Å². The standard InChI is InChI=1S/C18H16BrNS/c1-13-7-8-15(19)11-17(13)20-12-16-9-10-18(21-16)14-5-3-2-4-6-14/h2-11,20H,12H2,1H3. The third kappa shape index (κ3) is 3.55. The number of anilines is 1. The summed E-state index contributed by atoms with van der Waals surface area (Å²) < 4.78 is 1.10. The Hall–Kier alpha value is -1.58. The van der Waals surface area contributed by atoms with Crippen molar-refractivity contribution in [3.8, 4) is 10.4 Å². The molecule has 0 saturated heterocycles. The molecule has 0 fully saturated rings. The van der Waals surface area contributed by atoms with Crippen molar-refractivity contribution < 1.29 is 0 Å². The van der Waals surface area contributed by atoms with Crippen molar-refractivity contribution in [2.45, 2.75) is 13.5 Å². The zero-order valence-corrected chi connectivity index (χ0v) is 14.2. The Morgan fingerprint density at radius 1 is 1.00 bits per heavy atom. The molecule has 1 nitrogen and oxygen atoms in total. The Morgan fingerprint density at radius 3 is 2.62 bits per heavy atom. The number of hydrogen-bond acceptors (Lipinski definition) is 2. The van der Waals surface area contributed by atoms with Gasteiger partial charge in [0.05, 0.1) is 0 Å². The highest BCUT2D eigenvalue weighted by molar-refractivity contribution is 9.10. The van der Waals surface area contributed by atoms with Crippen molar-refractivity contribution >= 4 is 33.0 Å². The first-order valence-electron chi connectivity index (χ1n) is 6.86. The molecular weight excluding hydrogens is 342 g/mol. The number of halogens is 1. The minimum Gasteiger partial charge on any atom is -0.380 e. The summed E-state index contributed by atoms with van der Waals surface area (Å²) in [7, 11) is 0. The van der Waals surface area contributed by atoms with E-state index in [9.17, 15) is 0 Å². The van der Waals surface area contributed by atoms with E-state index in [2.05, 4.69) is 88.8 Å². The molecule has 3 heteroatoms. The second-order valence-electron chi connectivity index (χ2n) is 4.94. The van der Waals surface area contributed by atoms with Crippen molar-refractivity contribution in [2.24, 2.45) is 0 Å². The quantitative estimate of drug-likeness (QED) is 0.594. The SMILES string of the molecule is Cc1ccc(Br)cc1NCc1ccc(-c2ccccc2)s1. The van der Waals surface area contributed by atoms with Crippen LogP contribution in [0.2, 0.25) is 0 Å². The first-order valence-corrected chi connectivity index (χ1v) is 8.47. The van der Waals surface area contributed by atoms with Gasteiger partial charge < -0.3 is 5.32 Å². The third-order valence-electron chi connectivity index (χ3n) is 3.37. The summed E-state index contributed by atoms with van der Waals surface area (Å²) in [6.07, 6.45) is 0. The van der Waals surface area contributed by atoms with Gasteiger partial charge >= 0.3 is 0 Å². The van der Waals surface area contributed by atoms with Gasteiger partial charge in [-0.2, -0.15) is 0 Å². The fraction of sp³-hybridized carbons (Fsp3) is 0.111. The van der Waals surface area contributed by atoms with Crippen LogP contribution in [0.25, 0.3) is 10.4 Å². The van der Waals surface area contributed by atoms with E-state index < -0.39 is 0 Å². The number of nitrogens with one attached hydrogen (secondary N) is 1. The van der Waals surface area contributed by atoms with Crippen molar-refractivity contribution in [3.05, 3.63) is 75.6 Å². The molecule has 0 saturated carbocycles. The normalized spacial score (nSPS) is 10.6. The first kappa shape index (κ1) is 14.4. The number of thiophene rings is 1. The van der Waals surface area contributed by atoms with E-state index in [0.717, 1.165) is 11.0 Å². The van der Waals surface area contributed by atoms with E-state index in [0.29, 0.717) is 0 Å². The topological polar surface area (TPSA) is 12.0 Å². The molecule has 21 heavy (non-hydrogen) atoms. The summed E-state index contributed by atoms with van der Waals surface area (Å²) in [4.78, 5) is 2.66. The summed E-state index contributed by atoms with van der Waals surface area (Å²) in [6, 6.07) is 21.2. The highest BCUT2D eigenvalue weighted by atomic mass is 79.9. The van der Waals surface area contributed by atoms with Crippen LogP contribution in [0.15, 0.2) is 65.1 Å². The van der Waals surface area contributed by atoms with Crippen LogP contribution in [0.5, 0.6) is 0 Å². The lowest BCUT2D eigenvalue weighted by atomic mass is 10.2. The maximum Gasteiger partial charge on any atom is 0.0494 e. The molecule has 2 aromatic carbocycles. The van der Waals surface area contributed by atoms with Crippen LogP contribution < -0.4 is 5.32 Å². The Morgan fingerprint density at radius 2 is 1.81 bits per heavy atom. The molecule has 0 aliphatic carbocycles. The van der Waals surface area contributed by atoms with E-state index in [1.54, 1.807) is 0 Å². The molecule has 0 spiro atoms. The van der Waals surface area contributed by atoms with Gasteiger partial charge in [0.15, 0.2) is 0 Å². The maximum absolute atomic E-state index is 3.52. The third-order valence-corrected chi connectivity index (χ3v) is 5.00. The predicted octanol–water partition coefficient (Wildman–Crippen LogP) is 6.10. The molecule has 1 aromatic heterocycles. The molecule has 0 atom stereocenters. The predicted molar refractivity (Wildman–Crippen MR) is 96.0 cm³/mol. The van der Waals surface area contributed by atoms with E-state index in [1.165, 1.54) is 26.6 Å². The van der Waals surface area contributed by atoms with Gasteiger partial charge in [0.1, 0.15) is 0 Å². The second kappa shape index (κ2) is 6.46. The Labute approximate surface area is 137 Å². The smallest absolute Gasteiger partial charge is 0.0494 e. The van der Waals surface area contributed by atoms with Crippen LogP contribution in [0.1, 0.15) is 10.4 Å². The molecule has 1 N–H and O–H groups in total. The fourth-order valence-electron chi connectivity index (χ4n) is 2.20. The van der Waals surface area contributed by atoms with Gasteiger partial charge in [-0.05, 0) is 42.3 Å². The summed E-state index contributed by atoms with van der Waals surface area (Å²) in [5.41, 5.74) is 3.73. The summed E-state index contributed by atoms with van der Waals surface area (Å²) >= 11 is 5.36. The average molecular weight is 358 g/mol. The largest absolute Gasteiger partial charge is 0.380 e. The molecule has 0 unspecified atom stereocenters. The first-order chi connectivity index (χ1) is 10.2. The van der Waals surface area contributed by atoms with Gasteiger partial charge in [-0.1, -0.05) is 52.3 Å². The van der Waals surface area contributed by atoms with Gasteiger partial charge in [-0.3, -0.25) is 0 Å². The minimum absolute atomic E-state index is 0.856. The number of hydrogen-bond donors (Lipinski definition) is 1. The highest BCUT2D eigenvalue weighted by Crippen LogP contribution is 2.29. The molecule has 106 valence electrons. The highest BCUT2D eigenvalue weighted by Gasteiger charge is 2.04. The van der Waals surface area contributed by atoms with Gasteiger partial charge in [0.25, 0.3) is 0 Å². The maximum atomic E-state index is 3.52. The zero-order chi connectivity index (χ0) is 14.7. The average Bonchev–Trinajstić information content (AvgIpc) is 2.98. The van der Waals surface area contributed by atoms with Crippen molar-refractivity contribution in [1.82, 2.24) is 0 Å². The van der Waals surface area contributed by atoms with E-state index in [1.807, 2.05) is 11.3 Å². The van der Waals surface area contributed by atoms with Crippen molar-refractivity contribution in [3.63, 3.8) is 0 Å². The lowest BCUT2D eigenvalue weighted by Gasteiger charge is -2.08. The van der Waals surface area contributed by atoms with Crippen LogP contribution in [-0.2, 0) is 6.54 Å². The van der Waals surface area contributed by atoms with Gasteiger partial charge in [0.2, 0.25) is 0 Å². The van der Waals surface area contributed by atoms with Crippen LogP contribution in [-0.4, -0.2) is 0 Å². The number of aryl methyl sites for hydroxylation is 1. The molecule has 3 rings (SSSR count). The van der Waals surface area contributed by atoms with Crippen LogP contribution in [0, 0.1) is 6.92 Å². The Balaban J connectivity index is 1.72. The van der Waals surface area contributed by atoms with Crippen molar-refractivity contribution in [2.75, 3.05) is 5.32 Å². The van der Waals surface area contributed by atoms with Crippen LogP contribution in [0.3, 0.4) is 0 Å². The fourth-order valence-corrected chi connectivity index (χ4v) is 3.51. The molecule has 1 heterocycles. The molecule has 3 aromatic rings. The second-order valence-corrected chi connectivity index (χ2v) is 7.03. The van der Waals surface area contributed by atoms with Gasteiger partial charge in [-0.25, -0.2) is 0 Å². The lowest BCUT2D eigenvalue weighted by Crippen LogP contribution is -1.99. The number of rotatable bonds is 4. The molecule has 0 amide bonds. The molecule has 0 bridgehead atoms. The number of benzene rings is 2. The van der Waals surface area contributed by atoms with Crippen LogP contribution >= 0.6 is 27.3 Å². The van der Waals surface area contributed by atoms with Gasteiger partial charge in [0, 0.05) is 26.5 Å². The van der Waals surface area contributed by atoms with Crippen molar-refractivity contribution in [1.29, 1.82) is 0 Å².